The molecule has 0 spiro atoms. The fraction of sp³-hybridized carbons (Fsp3) is 0.382. The molecule has 7 rings (SSSR count). The van der Waals surface area contributed by atoms with Gasteiger partial charge in [0, 0.05) is 65.4 Å². The number of likely N-dealkylation sites (N-methyl/N-ethyl adjacent to an activating group) is 1. The van der Waals surface area contributed by atoms with Gasteiger partial charge in [0.05, 0.1) is 21.7 Å². The monoisotopic (exact) mass is 579 g/mol. The zero-order chi connectivity index (χ0) is 29.1. The summed E-state index contributed by atoms with van der Waals surface area (Å²) in [6.07, 6.45) is 4.93. The van der Waals surface area contributed by atoms with E-state index in [9.17, 15) is 9.59 Å². The number of nitrogens with one attached hydrogen (secondary N) is 1. The van der Waals surface area contributed by atoms with Crippen LogP contribution in [-0.2, 0) is 32.5 Å². The molecule has 8 heteroatoms. The van der Waals surface area contributed by atoms with Crippen LogP contribution in [0.2, 0.25) is 0 Å². The summed E-state index contributed by atoms with van der Waals surface area (Å²) in [5, 5.41) is 12.2. The van der Waals surface area contributed by atoms with Gasteiger partial charge in [-0.1, -0.05) is 13.8 Å². The number of nitrogens with zero attached hydrogens (tertiary/aromatic N) is 4. The Hall–Kier alpha value is -3.75. The first-order valence-corrected chi connectivity index (χ1v) is 16.1. The summed E-state index contributed by atoms with van der Waals surface area (Å²) < 4.78 is 4.47. The SMILES string of the molecule is CCCN(CC)CCn1c2ccc(C(=O)c3sccc3C)cc2c2c3c(c4c(c21)CCc1nn(CC)cc1-4)C(=O)NC3. The molecule has 1 aliphatic carbocycles. The fourth-order valence-corrected chi connectivity index (χ4v) is 7.99. The van der Waals surface area contributed by atoms with Crippen LogP contribution in [0.4, 0.5) is 0 Å². The minimum atomic E-state index is -0.0114. The van der Waals surface area contributed by atoms with Crippen molar-refractivity contribution < 1.29 is 9.59 Å². The maximum Gasteiger partial charge on any atom is 0.252 e. The van der Waals surface area contributed by atoms with Gasteiger partial charge in [0.2, 0.25) is 5.78 Å². The zero-order valence-electron chi connectivity index (χ0n) is 24.8. The van der Waals surface area contributed by atoms with E-state index >= 15 is 0 Å². The van der Waals surface area contributed by atoms with Crippen LogP contribution in [0.3, 0.4) is 0 Å². The van der Waals surface area contributed by atoms with Crippen molar-refractivity contribution in [1.82, 2.24) is 24.6 Å². The third kappa shape index (κ3) is 4.07. The second-order valence-corrected chi connectivity index (χ2v) is 12.5. The van der Waals surface area contributed by atoms with E-state index in [-0.39, 0.29) is 11.7 Å². The van der Waals surface area contributed by atoms with Crippen molar-refractivity contribution in [2.75, 3.05) is 19.6 Å². The summed E-state index contributed by atoms with van der Waals surface area (Å²) in [7, 11) is 0. The summed E-state index contributed by atoms with van der Waals surface area (Å²) in [6, 6.07) is 8.21. The van der Waals surface area contributed by atoms with Gasteiger partial charge in [-0.05, 0) is 92.5 Å². The third-order valence-electron chi connectivity index (χ3n) is 9.16. The molecule has 1 amide bonds. The minimum absolute atomic E-state index is 0.0114. The van der Waals surface area contributed by atoms with Crippen molar-refractivity contribution in [3.63, 3.8) is 0 Å². The molecule has 2 aromatic carbocycles. The lowest BCUT2D eigenvalue weighted by molar-refractivity contribution is 0.0965. The van der Waals surface area contributed by atoms with Gasteiger partial charge in [-0.3, -0.25) is 14.3 Å². The maximum atomic E-state index is 13.6. The summed E-state index contributed by atoms with van der Waals surface area (Å²) >= 11 is 1.50. The largest absolute Gasteiger partial charge is 0.348 e. The van der Waals surface area contributed by atoms with Gasteiger partial charge in [0.15, 0.2) is 0 Å². The van der Waals surface area contributed by atoms with E-state index < -0.39 is 0 Å². The highest BCUT2D eigenvalue weighted by Crippen LogP contribution is 2.47. The Morgan fingerprint density at radius 3 is 2.69 bits per heavy atom. The number of thiophene rings is 1. The van der Waals surface area contributed by atoms with Crippen LogP contribution in [0.1, 0.15) is 75.2 Å². The first kappa shape index (κ1) is 27.1. The van der Waals surface area contributed by atoms with Crippen LogP contribution in [0.25, 0.3) is 32.9 Å². The molecule has 42 heavy (non-hydrogen) atoms. The predicted molar refractivity (Wildman–Crippen MR) is 170 cm³/mol. The first-order chi connectivity index (χ1) is 20.4. The lowest BCUT2D eigenvalue weighted by Crippen LogP contribution is -2.28. The van der Waals surface area contributed by atoms with Crippen LogP contribution >= 0.6 is 11.3 Å². The molecule has 7 nitrogen and oxygen atoms in total. The van der Waals surface area contributed by atoms with E-state index in [4.69, 9.17) is 5.10 Å². The smallest absolute Gasteiger partial charge is 0.252 e. The van der Waals surface area contributed by atoms with Gasteiger partial charge in [0.25, 0.3) is 5.91 Å². The Balaban J connectivity index is 1.52. The Bertz CT molecular complexity index is 1890. The molecule has 216 valence electrons. The maximum absolute atomic E-state index is 13.6. The van der Waals surface area contributed by atoms with Gasteiger partial charge in [-0.25, -0.2) is 0 Å². The number of carbonyl (C=O) groups excluding carboxylic acids is 2. The molecule has 0 fully saturated rings. The summed E-state index contributed by atoms with van der Waals surface area (Å²) in [5.74, 6) is 0.0496. The molecule has 3 aromatic heterocycles. The van der Waals surface area contributed by atoms with Crippen LogP contribution in [0, 0.1) is 6.92 Å². The van der Waals surface area contributed by atoms with Crippen LogP contribution < -0.4 is 5.32 Å². The molecule has 2 aliphatic rings. The van der Waals surface area contributed by atoms with E-state index in [1.165, 1.54) is 22.4 Å². The number of benzene rings is 2. The molecule has 0 bridgehead atoms. The Labute approximate surface area is 250 Å². The van der Waals surface area contributed by atoms with Gasteiger partial charge in [-0.15, -0.1) is 11.3 Å². The summed E-state index contributed by atoms with van der Waals surface area (Å²) in [6.45, 7) is 13.7. The van der Waals surface area contributed by atoms with E-state index in [1.54, 1.807) is 0 Å². The third-order valence-corrected chi connectivity index (χ3v) is 10.2. The molecular weight excluding hydrogens is 542 g/mol. The van der Waals surface area contributed by atoms with E-state index in [1.807, 2.05) is 29.1 Å². The number of fused-ring (bicyclic) bond motifs is 10. The molecule has 1 N–H and O–H groups in total. The quantitative estimate of drug-likeness (QED) is 0.207. The van der Waals surface area contributed by atoms with Crippen molar-refractivity contribution in [2.24, 2.45) is 0 Å². The van der Waals surface area contributed by atoms with E-state index in [0.717, 1.165) is 107 Å². The highest BCUT2D eigenvalue weighted by Gasteiger charge is 2.35. The van der Waals surface area contributed by atoms with Crippen LogP contribution in [0.15, 0.2) is 35.8 Å². The number of hydrogen-bond donors (Lipinski definition) is 1. The van der Waals surface area contributed by atoms with Crippen molar-refractivity contribution in [3.05, 3.63) is 74.2 Å². The number of hydrogen-bond acceptors (Lipinski definition) is 5. The fourth-order valence-electron chi connectivity index (χ4n) is 7.10. The highest BCUT2D eigenvalue weighted by molar-refractivity contribution is 7.12. The van der Waals surface area contributed by atoms with Crippen molar-refractivity contribution in [2.45, 2.75) is 66.6 Å². The topological polar surface area (TPSA) is 72.2 Å². The second kappa shape index (κ2) is 10.5. The first-order valence-electron chi connectivity index (χ1n) is 15.2. The van der Waals surface area contributed by atoms with Gasteiger partial charge >= 0.3 is 0 Å². The molecule has 0 atom stereocenters. The minimum Gasteiger partial charge on any atom is -0.348 e. The number of amides is 1. The van der Waals surface area contributed by atoms with Crippen molar-refractivity contribution >= 4 is 44.8 Å². The number of ketones is 1. The number of aromatic nitrogens is 3. The predicted octanol–water partition coefficient (Wildman–Crippen LogP) is 6.35. The molecular formula is C34H37N5O2S. The van der Waals surface area contributed by atoms with E-state index in [0.29, 0.717) is 12.1 Å². The summed E-state index contributed by atoms with van der Waals surface area (Å²) in [5.41, 5.74) is 10.4. The Morgan fingerprint density at radius 1 is 1.10 bits per heavy atom. The molecule has 1 aliphatic heterocycles. The Kier molecular flexibility index (Phi) is 6.78. The number of carbonyl (C=O) groups is 2. The molecule has 0 unspecified atom stereocenters. The molecule has 0 saturated heterocycles. The standard InChI is InChI=1S/C34H37N5O2S/c1-5-13-37(6-2)14-15-39-27-11-8-21(32(40)33-20(4)12-16-42-33)17-23(27)29-24-18-35-34(41)30(24)28-22(31(29)39)9-10-26-25(28)19-38(7-3)36-26/h8,11-12,16-17,19H,5-7,9-10,13-15,18H2,1-4H3,(H,35,41). The molecule has 5 aromatic rings. The Morgan fingerprint density at radius 2 is 1.95 bits per heavy atom. The van der Waals surface area contributed by atoms with Crippen LogP contribution in [-0.4, -0.2) is 50.6 Å². The highest BCUT2D eigenvalue weighted by atomic mass is 32.1. The second-order valence-electron chi connectivity index (χ2n) is 11.5. The van der Waals surface area contributed by atoms with Crippen LogP contribution in [0.5, 0.6) is 0 Å². The normalized spacial score (nSPS) is 14.1. The molecule has 0 radical (unpaired) electrons. The van der Waals surface area contributed by atoms with E-state index in [2.05, 4.69) is 53.9 Å². The molecule has 4 heterocycles. The lowest BCUT2D eigenvalue weighted by atomic mass is 9.82. The summed E-state index contributed by atoms with van der Waals surface area (Å²) in [4.78, 5) is 30.4. The van der Waals surface area contributed by atoms with Gasteiger partial charge in [0.1, 0.15) is 0 Å². The zero-order valence-corrected chi connectivity index (χ0v) is 25.7. The lowest BCUT2D eigenvalue weighted by Gasteiger charge is -2.23. The average molecular weight is 580 g/mol. The van der Waals surface area contributed by atoms with Crippen molar-refractivity contribution in [1.29, 1.82) is 0 Å². The van der Waals surface area contributed by atoms with Gasteiger partial charge in [-0.2, -0.15) is 5.10 Å². The van der Waals surface area contributed by atoms with Gasteiger partial charge < -0.3 is 14.8 Å². The average Bonchev–Trinajstić information content (AvgIpc) is 3.78. The number of rotatable bonds is 9. The number of aryl methyl sites for hydroxylation is 4. The molecule has 0 saturated carbocycles. The van der Waals surface area contributed by atoms with Crippen molar-refractivity contribution in [3.8, 4) is 11.1 Å².